The average Bonchev–Trinajstić information content (AvgIpc) is 2.76. The van der Waals surface area contributed by atoms with E-state index in [9.17, 15) is 14.4 Å². The Morgan fingerprint density at radius 1 is 0.882 bits per heavy atom. The molecule has 0 saturated carbocycles. The normalized spacial score (nSPS) is 15.0. The molecule has 3 aromatic carbocycles. The van der Waals surface area contributed by atoms with Crippen molar-refractivity contribution in [2.45, 2.75) is 27.4 Å². The molecule has 4 amide bonds. The van der Waals surface area contributed by atoms with Gasteiger partial charge in [0.1, 0.15) is 17.9 Å². The van der Waals surface area contributed by atoms with Gasteiger partial charge in [-0.3, -0.25) is 14.9 Å². The van der Waals surface area contributed by atoms with Gasteiger partial charge in [-0.15, -0.1) is 0 Å². The van der Waals surface area contributed by atoms with Gasteiger partial charge in [0.25, 0.3) is 11.8 Å². The van der Waals surface area contributed by atoms with E-state index in [0.29, 0.717) is 28.6 Å². The average molecular weight is 475 g/mol. The molecular weight excluding hydrogens is 452 g/mol. The Hall–Kier alpha value is -3.90. The monoisotopic (exact) mass is 474 g/mol. The van der Waals surface area contributed by atoms with E-state index in [2.05, 4.69) is 11.4 Å². The summed E-state index contributed by atoms with van der Waals surface area (Å²) in [7, 11) is 0. The third-order valence-electron chi connectivity index (χ3n) is 5.34. The van der Waals surface area contributed by atoms with Crippen molar-refractivity contribution in [2.75, 3.05) is 4.90 Å². The highest BCUT2D eigenvalue weighted by atomic mass is 35.5. The summed E-state index contributed by atoms with van der Waals surface area (Å²) < 4.78 is 5.87. The van der Waals surface area contributed by atoms with Gasteiger partial charge in [-0.25, -0.2) is 9.69 Å². The summed E-state index contributed by atoms with van der Waals surface area (Å²) in [6.45, 7) is 6.32. The number of carbonyl (C=O) groups is 3. The van der Waals surface area contributed by atoms with Crippen LogP contribution in [-0.4, -0.2) is 17.8 Å². The smallest absolute Gasteiger partial charge is 0.335 e. The molecule has 0 bridgehead atoms. The van der Waals surface area contributed by atoms with E-state index in [1.807, 2.05) is 32.9 Å². The van der Waals surface area contributed by atoms with Crippen LogP contribution >= 0.6 is 11.6 Å². The Bertz CT molecular complexity index is 1310. The zero-order chi connectivity index (χ0) is 24.4. The van der Waals surface area contributed by atoms with E-state index in [1.165, 1.54) is 6.08 Å². The van der Waals surface area contributed by atoms with Gasteiger partial charge < -0.3 is 4.74 Å². The van der Waals surface area contributed by atoms with Crippen molar-refractivity contribution in [2.24, 2.45) is 0 Å². The molecule has 0 spiro atoms. The first-order valence-corrected chi connectivity index (χ1v) is 11.1. The third kappa shape index (κ3) is 5.02. The largest absolute Gasteiger partial charge is 0.487 e. The van der Waals surface area contributed by atoms with Crippen LogP contribution < -0.4 is 15.0 Å². The molecule has 0 atom stereocenters. The van der Waals surface area contributed by atoms with Crippen LogP contribution in [0.3, 0.4) is 0 Å². The van der Waals surface area contributed by atoms with Crippen LogP contribution in [0.1, 0.15) is 27.8 Å². The van der Waals surface area contributed by atoms with E-state index in [1.54, 1.807) is 42.5 Å². The molecule has 0 unspecified atom stereocenters. The number of barbiturate groups is 1. The lowest BCUT2D eigenvalue weighted by Gasteiger charge is -2.26. The summed E-state index contributed by atoms with van der Waals surface area (Å²) in [4.78, 5) is 38.7. The van der Waals surface area contributed by atoms with Crippen LogP contribution in [0.2, 0.25) is 5.02 Å². The summed E-state index contributed by atoms with van der Waals surface area (Å²) in [5.74, 6) is -0.979. The Morgan fingerprint density at radius 2 is 1.56 bits per heavy atom. The molecule has 1 aliphatic heterocycles. The molecule has 1 heterocycles. The number of hydrogen-bond acceptors (Lipinski definition) is 4. The van der Waals surface area contributed by atoms with Gasteiger partial charge in [-0.05, 0) is 62.2 Å². The number of aryl methyl sites for hydroxylation is 3. The number of urea groups is 1. The number of imide groups is 2. The molecule has 1 aliphatic rings. The van der Waals surface area contributed by atoms with Gasteiger partial charge in [0, 0.05) is 0 Å². The highest BCUT2D eigenvalue weighted by Gasteiger charge is 2.36. The fraction of sp³-hybridized carbons (Fsp3) is 0.148. The maximum atomic E-state index is 13.0. The third-order valence-corrected chi connectivity index (χ3v) is 5.63. The SMILES string of the molecule is Cc1ccc(N2C(=O)NC(=O)/C(=C\c3ccc(OCc4cc(C)cc(C)c4)c(Cl)c3)C2=O)cc1. The fourth-order valence-electron chi connectivity index (χ4n) is 3.79. The molecule has 1 saturated heterocycles. The fourth-order valence-corrected chi connectivity index (χ4v) is 4.03. The molecule has 4 rings (SSSR count). The van der Waals surface area contributed by atoms with Gasteiger partial charge in [-0.1, -0.05) is 64.7 Å². The predicted octanol–water partition coefficient (Wildman–Crippen LogP) is 5.51. The first kappa shape index (κ1) is 23.3. The Balaban J connectivity index is 1.55. The minimum absolute atomic E-state index is 0.167. The molecular formula is C27H23ClN2O4. The number of anilines is 1. The van der Waals surface area contributed by atoms with Crippen LogP contribution in [0.15, 0.2) is 66.2 Å². The summed E-state index contributed by atoms with van der Waals surface area (Å²) in [5, 5.41) is 2.56. The van der Waals surface area contributed by atoms with Crippen LogP contribution in [0.4, 0.5) is 10.5 Å². The van der Waals surface area contributed by atoms with Crippen molar-refractivity contribution in [3.8, 4) is 5.75 Å². The van der Waals surface area contributed by atoms with Gasteiger partial charge >= 0.3 is 6.03 Å². The highest BCUT2D eigenvalue weighted by molar-refractivity contribution is 6.39. The van der Waals surface area contributed by atoms with E-state index < -0.39 is 17.8 Å². The molecule has 6 nitrogen and oxygen atoms in total. The van der Waals surface area contributed by atoms with Crippen molar-refractivity contribution < 1.29 is 19.1 Å². The highest BCUT2D eigenvalue weighted by Crippen LogP contribution is 2.29. The minimum Gasteiger partial charge on any atom is -0.487 e. The van der Waals surface area contributed by atoms with Gasteiger partial charge in [0.2, 0.25) is 0 Å². The second kappa shape index (κ2) is 9.53. The number of halogens is 1. The number of nitrogens with zero attached hydrogens (tertiary/aromatic N) is 1. The second-order valence-electron chi connectivity index (χ2n) is 8.27. The zero-order valence-electron chi connectivity index (χ0n) is 19.0. The Labute approximate surface area is 202 Å². The van der Waals surface area contributed by atoms with E-state index in [0.717, 1.165) is 27.2 Å². The number of ether oxygens (including phenoxy) is 1. The van der Waals surface area contributed by atoms with E-state index in [4.69, 9.17) is 16.3 Å². The quantitative estimate of drug-likeness (QED) is 0.390. The lowest BCUT2D eigenvalue weighted by molar-refractivity contribution is -0.122. The van der Waals surface area contributed by atoms with Crippen molar-refractivity contribution in [1.29, 1.82) is 0 Å². The lowest BCUT2D eigenvalue weighted by Crippen LogP contribution is -2.54. The predicted molar refractivity (Wildman–Crippen MR) is 132 cm³/mol. The van der Waals surface area contributed by atoms with Gasteiger partial charge in [0.05, 0.1) is 10.7 Å². The molecule has 172 valence electrons. The lowest BCUT2D eigenvalue weighted by atomic mass is 10.1. The molecule has 1 fully saturated rings. The molecule has 1 N–H and O–H groups in total. The molecule has 7 heteroatoms. The second-order valence-corrected chi connectivity index (χ2v) is 8.68. The summed E-state index contributed by atoms with van der Waals surface area (Å²) >= 11 is 6.41. The van der Waals surface area contributed by atoms with Crippen molar-refractivity contribution in [1.82, 2.24) is 5.32 Å². The van der Waals surface area contributed by atoms with E-state index in [-0.39, 0.29) is 5.57 Å². The molecule has 0 radical (unpaired) electrons. The first-order valence-electron chi connectivity index (χ1n) is 10.7. The number of carbonyl (C=O) groups excluding carboxylic acids is 3. The van der Waals surface area contributed by atoms with Gasteiger partial charge in [0.15, 0.2) is 0 Å². The van der Waals surface area contributed by atoms with Gasteiger partial charge in [-0.2, -0.15) is 0 Å². The molecule has 34 heavy (non-hydrogen) atoms. The minimum atomic E-state index is -0.788. The van der Waals surface area contributed by atoms with Crippen molar-refractivity contribution in [3.05, 3.63) is 99.1 Å². The molecule has 3 aromatic rings. The Morgan fingerprint density at radius 3 is 2.21 bits per heavy atom. The number of benzene rings is 3. The topological polar surface area (TPSA) is 75.7 Å². The summed E-state index contributed by atoms with van der Waals surface area (Å²) in [6.07, 6.45) is 1.41. The number of hydrogen-bond donors (Lipinski definition) is 1. The number of amides is 4. The van der Waals surface area contributed by atoms with Crippen molar-refractivity contribution >= 4 is 41.2 Å². The number of nitrogens with one attached hydrogen (secondary N) is 1. The molecule has 0 aromatic heterocycles. The zero-order valence-corrected chi connectivity index (χ0v) is 19.8. The maximum Gasteiger partial charge on any atom is 0.335 e. The van der Waals surface area contributed by atoms with Crippen LogP contribution in [-0.2, 0) is 16.2 Å². The van der Waals surface area contributed by atoms with Crippen molar-refractivity contribution in [3.63, 3.8) is 0 Å². The van der Waals surface area contributed by atoms with Crippen LogP contribution in [0.25, 0.3) is 6.08 Å². The first-order chi connectivity index (χ1) is 16.2. The molecule has 0 aliphatic carbocycles. The van der Waals surface area contributed by atoms with Crippen LogP contribution in [0, 0.1) is 20.8 Å². The van der Waals surface area contributed by atoms with Crippen LogP contribution in [0.5, 0.6) is 5.75 Å². The summed E-state index contributed by atoms with van der Waals surface area (Å²) in [6, 6.07) is 17.3. The maximum absolute atomic E-state index is 13.0. The Kier molecular flexibility index (Phi) is 6.52. The number of rotatable bonds is 5. The van der Waals surface area contributed by atoms with E-state index >= 15 is 0 Å². The standard InChI is InChI=1S/C27H23ClN2O4/c1-16-4-7-21(8-5-16)30-26(32)22(25(31)29-27(30)33)13-19-6-9-24(23(28)14-19)34-15-20-11-17(2)10-18(3)12-20/h4-14H,15H2,1-3H3,(H,29,31,33)/b22-13+. The summed E-state index contributed by atoms with van der Waals surface area (Å²) in [5.41, 5.74) is 5.06.